The van der Waals surface area contributed by atoms with Crippen LogP contribution in [0.15, 0.2) is 48.5 Å². The number of pyridine rings is 1. The number of benzene rings is 2. The number of carbonyl (C=O) groups excluding carboxylic acids is 1. The Morgan fingerprint density at radius 1 is 1.18 bits per heavy atom. The average molecular weight is 378 g/mol. The first-order valence-electron chi connectivity index (χ1n) is 9.57. The van der Waals surface area contributed by atoms with Gasteiger partial charge in [-0.1, -0.05) is 23.8 Å². The highest BCUT2D eigenvalue weighted by Gasteiger charge is 2.29. The first-order chi connectivity index (χ1) is 13.5. The number of fused-ring (bicyclic) bond motifs is 1. The first-order valence-corrected chi connectivity index (χ1v) is 9.57. The third-order valence-corrected chi connectivity index (χ3v) is 5.19. The van der Waals surface area contributed by atoms with Crippen LogP contribution in [0.5, 0.6) is 0 Å². The molecule has 2 atom stereocenters. The Morgan fingerprint density at radius 3 is 2.68 bits per heavy atom. The van der Waals surface area contributed by atoms with Gasteiger partial charge in [-0.05, 0) is 62.6 Å². The van der Waals surface area contributed by atoms with Gasteiger partial charge in [0.05, 0.1) is 23.2 Å². The molecule has 0 bridgehead atoms. The van der Waals surface area contributed by atoms with Gasteiger partial charge in [0.1, 0.15) is 5.82 Å². The number of ether oxygens (including phenoxy) is 1. The van der Waals surface area contributed by atoms with Gasteiger partial charge in [0, 0.05) is 17.7 Å². The standard InChI is InChI=1S/C23H23FN2O2/c1-14-5-10-20-18(12-14)19(13-15(2)25-20)23(27)26-22(21-4-3-11-28-21)16-6-8-17(24)9-7-16/h5-10,12-13,21-22H,3-4,11H2,1-2H3,(H,26,27)/t21-,22+/m1/s1. The molecule has 1 N–H and O–H groups in total. The lowest BCUT2D eigenvalue weighted by Gasteiger charge is -2.25. The molecule has 0 unspecified atom stereocenters. The fourth-order valence-corrected chi connectivity index (χ4v) is 3.81. The van der Waals surface area contributed by atoms with Crippen LogP contribution in [-0.4, -0.2) is 23.6 Å². The summed E-state index contributed by atoms with van der Waals surface area (Å²) in [6.45, 7) is 4.55. The van der Waals surface area contributed by atoms with E-state index in [9.17, 15) is 9.18 Å². The van der Waals surface area contributed by atoms with Crippen LogP contribution >= 0.6 is 0 Å². The second kappa shape index (κ2) is 7.68. The van der Waals surface area contributed by atoms with Gasteiger partial charge in [-0.25, -0.2) is 4.39 Å². The molecule has 0 spiro atoms. The van der Waals surface area contributed by atoms with Crippen molar-refractivity contribution in [3.63, 3.8) is 0 Å². The van der Waals surface area contributed by atoms with Gasteiger partial charge < -0.3 is 10.1 Å². The van der Waals surface area contributed by atoms with Crippen LogP contribution < -0.4 is 5.32 Å². The SMILES string of the molecule is Cc1ccc2nc(C)cc(C(=O)N[C@@H](c3ccc(F)cc3)[C@H]3CCCO3)c2c1. The van der Waals surface area contributed by atoms with Gasteiger partial charge in [0.15, 0.2) is 0 Å². The lowest BCUT2D eigenvalue weighted by atomic mass is 9.98. The van der Waals surface area contributed by atoms with Crippen molar-refractivity contribution in [3.8, 4) is 0 Å². The molecule has 1 amide bonds. The maximum absolute atomic E-state index is 13.4. The minimum atomic E-state index is -0.330. The molecule has 2 aromatic carbocycles. The van der Waals surface area contributed by atoms with Gasteiger partial charge in [-0.3, -0.25) is 9.78 Å². The van der Waals surface area contributed by atoms with Gasteiger partial charge in [0.25, 0.3) is 5.91 Å². The zero-order valence-corrected chi connectivity index (χ0v) is 16.0. The number of halogens is 1. The summed E-state index contributed by atoms with van der Waals surface area (Å²) in [6, 6.07) is 13.6. The molecule has 1 fully saturated rings. The van der Waals surface area contributed by atoms with E-state index in [1.807, 2.05) is 38.1 Å². The number of amides is 1. The van der Waals surface area contributed by atoms with E-state index in [2.05, 4.69) is 10.3 Å². The van der Waals surface area contributed by atoms with Crippen LogP contribution in [0.25, 0.3) is 10.9 Å². The summed E-state index contributed by atoms with van der Waals surface area (Å²) < 4.78 is 19.2. The van der Waals surface area contributed by atoms with Crippen molar-refractivity contribution in [2.24, 2.45) is 0 Å². The number of nitrogens with one attached hydrogen (secondary N) is 1. The highest BCUT2D eigenvalue weighted by molar-refractivity contribution is 6.06. The summed E-state index contributed by atoms with van der Waals surface area (Å²) in [4.78, 5) is 17.8. The molecule has 1 aliphatic rings. The molecule has 1 aliphatic heterocycles. The highest BCUT2D eigenvalue weighted by atomic mass is 19.1. The number of aryl methyl sites for hydroxylation is 2. The van der Waals surface area contributed by atoms with E-state index in [1.165, 1.54) is 12.1 Å². The molecule has 0 saturated carbocycles. The molecule has 3 aromatic rings. The van der Waals surface area contributed by atoms with Gasteiger partial charge in [-0.2, -0.15) is 0 Å². The monoisotopic (exact) mass is 378 g/mol. The smallest absolute Gasteiger partial charge is 0.252 e. The Bertz CT molecular complexity index is 1010. The summed E-state index contributed by atoms with van der Waals surface area (Å²) in [5.41, 5.74) is 4.09. The number of hydrogen-bond acceptors (Lipinski definition) is 3. The number of aromatic nitrogens is 1. The molecule has 28 heavy (non-hydrogen) atoms. The average Bonchev–Trinajstić information content (AvgIpc) is 3.21. The second-order valence-corrected chi connectivity index (χ2v) is 7.39. The third kappa shape index (κ3) is 3.76. The lowest BCUT2D eigenvalue weighted by Crippen LogP contribution is -2.36. The molecule has 5 heteroatoms. The molecule has 2 heterocycles. The topological polar surface area (TPSA) is 51.2 Å². The van der Waals surface area contributed by atoms with Crippen molar-refractivity contribution in [2.75, 3.05) is 6.61 Å². The van der Waals surface area contributed by atoms with E-state index < -0.39 is 0 Å². The molecule has 4 nitrogen and oxygen atoms in total. The van der Waals surface area contributed by atoms with Crippen LogP contribution in [0, 0.1) is 19.7 Å². The summed E-state index contributed by atoms with van der Waals surface area (Å²) in [5, 5.41) is 3.96. The van der Waals surface area contributed by atoms with Crippen LogP contribution in [0.3, 0.4) is 0 Å². The van der Waals surface area contributed by atoms with Crippen molar-refractivity contribution in [2.45, 2.75) is 38.8 Å². The van der Waals surface area contributed by atoms with E-state index in [-0.39, 0.29) is 23.9 Å². The summed E-state index contributed by atoms with van der Waals surface area (Å²) >= 11 is 0. The third-order valence-electron chi connectivity index (χ3n) is 5.19. The van der Waals surface area contributed by atoms with Crippen LogP contribution in [0.4, 0.5) is 4.39 Å². The minimum Gasteiger partial charge on any atom is -0.376 e. The number of rotatable bonds is 4. The van der Waals surface area contributed by atoms with Crippen LogP contribution in [0.1, 0.15) is 46.1 Å². The number of nitrogens with zero attached hydrogens (tertiary/aromatic N) is 1. The normalized spacial score (nSPS) is 17.6. The molecule has 1 aromatic heterocycles. The predicted molar refractivity (Wildman–Crippen MR) is 107 cm³/mol. The summed E-state index contributed by atoms with van der Waals surface area (Å²) in [6.07, 6.45) is 1.69. The largest absolute Gasteiger partial charge is 0.376 e. The van der Waals surface area contributed by atoms with E-state index in [0.717, 1.165) is 40.6 Å². The number of hydrogen-bond donors (Lipinski definition) is 1. The van der Waals surface area contributed by atoms with Crippen molar-refractivity contribution in [1.82, 2.24) is 10.3 Å². The molecular formula is C23H23FN2O2. The Hall–Kier alpha value is -2.79. The number of carbonyl (C=O) groups is 1. The van der Waals surface area contributed by atoms with Gasteiger partial charge in [-0.15, -0.1) is 0 Å². The first kappa shape index (κ1) is 18.6. The molecule has 0 aliphatic carbocycles. The Balaban J connectivity index is 1.71. The van der Waals surface area contributed by atoms with E-state index >= 15 is 0 Å². The van der Waals surface area contributed by atoms with E-state index in [4.69, 9.17) is 4.74 Å². The quantitative estimate of drug-likeness (QED) is 0.719. The van der Waals surface area contributed by atoms with E-state index in [1.54, 1.807) is 12.1 Å². The molecule has 1 saturated heterocycles. The van der Waals surface area contributed by atoms with Crippen molar-refractivity contribution < 1.29 is 13.9 Å². The molecule has 144 valence electrons. The maximum atomic E-state index is 13.4. The highest BCUT2D eigenvalue weighted by Crippen LogP contribution is 2.28. The fourth-order valence-electron chi connectivity index (χ4n) is 3.81. The zero-order chi connectivity index (χ0) is 19.7. The molecule has 4 rings (SSSR count). The van der Waals surface area contributed by atoms with E-state index in [0.29, 0.717) is 12.2 Å². The fraction of sp³-hybridized carbons (Fsp3) is 0.304. The summed E-state index contributed by atoms with van der Waals surface area (Å²) in [5.74, 6) is -0.474. The minimum absolute atomic E-state index is 0.120. The van der Waals surface area contributed by atoms with Crippen molar-refractivity contribution in [3.05, 3.63) is 76.7 Å². The predicted octanol–water partition coefficient (Wildman–Crippen LogP) is 4.64. The van der Waals surface area contributed by atoms with Crippen molar-refractivity contribution in [1.29, 1.82) is 0 Å². The Kier molecular flexibility index (Phi) is 5.09. The van der Waals surface area contributed by atoms with Gasteiger partial charge >= 0.3 is 0 Å². The zero-order valence-electron chi connectivity index (χ0n) is 16.0. The van der Waals surface area contributed by atoms with Crippen LogP contribution in [0.2, 0.25) is 0 Å². The van der Waals surface area contributed by atoms with Gasteiger partial charge in [0.2, 0.25) is 0 Å². The maximum Gasteiger partial charge on any atom is 0.252 e. The molecule has 0 radical (unpaired) electrons. The van der Waals surface area contributed by atoms with Crippen molar-refractivity contribution >= 4 is 16.8 Å². The molecular weight excluding hydrogens is 355 g/mol. The Morgan fingerprint density at radius 2 is 1.96 bits per heavy atom. The summed E-state index contributed by atoms with van der Waals surface area (Å²) in [7, 11) is 0. The second-order valence-electron chi connectivity index (χ2n) is 7.39. The Labute approximate surface area is 163 Å². The van der Waals surface area contributed by atoms with Crippen LogP contribution in [-0.2, 0) is 4.74 Å². The lowest BCUT2D eigenvalue weighted by molar-refractivity contribution is 0.0673.